The smallest absolute Gasteiger partial charge is 0.174 e. The molecule has 0 aromatic heterocycles. The second-order valence-electron chi connectivity index (χ2n) is 8.54. The SMILES string of the molecule is C1CCC(C2(C3CCCCC3)OCC(C3CCCC[NH2+]3)O2)CC1.[Cl-]. The fraction of sp³-hybridized carbons (Fsp3) is 1.00. The van der Waals surface area contributed by atoms with Crippen molar-refractivity contribution in [1.29, 1.82) is 0 Å². The van der Waals surface area contributed by atoms with Gasteiger partial charge in [0.25, 0.3) is 0 Å². The molecule has 0 aromatic carbocycles. The first-order valence-electron chi connectivity index (χ1n) is 10.5. The molecule has 4 heteroatoms. The minimum absolute atomic E-state index is 0. The van der Waals surface area contributed by atoms with Crippen LogP contribution < -0.4 is 17.7 Å². The summed E-state index contributed by atoms with van der Waals surface area (Å²) in [5.41, 5.74) is 0. The fourth-order valence-electron chi connectivity index (χ4n) is 5.81. The monoisotopic (exact) mass is 357 g/mol. The second kappa shape index (κ2) is 8.70. The van der Waals surface area contributed by atoms with Crippen LogP contribution in [0.15, 0.2) is 0 Å². The number of rotatable bonds is 3. The highest BCUT2D eigenvalue weighted by atomic mass is 35.5. The van der Waals surface area contributed by atoms with Crippen LogP contribution in [0.1, 0.15) is 83.5 Å². The van der Waals surface area contributed by atoms with Crippen LogP contribution in [0.2, 0.25) is 0 Å². The molecular weight excluding hydrogens is 322 g/mol. The molecule has 2 unspecified atom stereocenters. The first-order chi connectivity index (χ1) is 11.4. The highest BCUT2D eigenvalue weighted by Gasteiger charge is 2.54. The molecule has 0 aromatic rings. The van der Waals surface area contributed by atoms with Crippen molar-refractivity contribution in [3.63, 3.8) is 0 Å². The zero-order chi connectivity index (χ0) is 15.5. The molecule has 4 aliphatic rings. The van der Waals surface area contributed by atoms with Crippen LogP contribution in [-0.4, -0.2) is 31.1 Å². The molecule has 2 atom stereocenters. The summed E-state index contributed by atoms with van der Waals surface area (Å²) in [6, 6.07) is 0.651. The largest absolute Gasteiger partial charge is 1.00 e. The number of ether oxygens (including phenoxy) is 2. The minimum atomic E-state index is -0.212. The van der Waals surface area contributed by atoms with Crippen molar-refractivity contribution in [1.82, 2.24) is 0 Å². The molecule has 4 fully saturated rings. The van der Waals surface area contributed by atoms with Crippen LogP contribution in [0.3, 0.4) is 0 Å². The van der Waals surface area contributed by atoms with Gasteiger partial charge in [-0.3, -0.25) is 0 Å². The van der Waals surface area contributed by atoms with E-state index in [0.717, 1.165) is 6.61 Å². The van der Waals surface area contributed by atoms with E-state index in [4.69, 9.17) is 9.47 Å². The molecule has 0 radical (unpaired) electrons. The maximum Gasteiger partial charge on any atom is 0.174 e. The van der Waals surface area contributed by atoms with Crippen molar-refractivity contribution in [3.05, 3.63) is 0 Å². The molecule has 0 amide bonds. The van der Waals surface area contributed by atoms with Gasteiger partial charge in [-0.25, -0.2) is 0 Å². The molecule has 24 heavy (non-hydrogen) atoms. The van der Waals surface area contributed by atoms with Crippen LogP contribution >= 0.6 is 0 Å². The summed E-state index contributed by atoms with van der Waals surface area (Å²) in [7, 11) is 0. The summed E-state index contributed by atoms with van der Waals surface area (Å²) in [5, 5.41) is 2.54. The minimum Gasteiger partial charge on any atom is -1.00 e. The Morgan fingerprint density at radius 2 is 1.29 bits per heavy atom. The van der Waals surface area contributed by atoms with Gasteiger partial charge in [0, 0.05) is 18.3 Å². The Labute approximate surface area is 154 Å². The van der Waals surface area contributed by atoms with E-state index in [1.807, 2.05) is 0 Å². The molecule has 2 N–H and O–H groups in total. The van der Waals surface area contributed by atoms with Crippen LogP contribution in [0.25, 0.3) is 0 Å². The van der Waals surface area contributed by atoms with E-state index in [1.165, 1.54) is 90.0 Å². The first kappa shape index (κ1) is 18.9. The summed E-state index contributed by atoms with van der Waals surface area (Å²) in [4.78, 5) is 0. The van der Waals surface area contributed by atoms with Gasteiger partial charge in [0.15, 0.2) is 5.79 Å². The Kier molecular flexibility index (Phi) is 6.87. The van der Waals surface area contributed by atoms with E-state index in [2.05, 4.69) is 5.32 Å². The maximum absolute atomic E-state index is 6.91. The number of hydrogen-bond acceptors (Lipinski definition) is 2. The molecule has 2 heterocycles. The normalized spacial score (nSPS) is 35.5. The Bertz CT molecular complexity index is 356. The number of halogens is 1. The number of piperidine rings is 1. The third kappa shape index (κ3) is 3.79. The topological polar surface area (TPSA) is 35.1 Å². The lowest BCUT2D eigenvalue weighted by molar-refractivity contribution is -0.704. The van der Waals surface area contributed by atoms with E-state index < -0.39 is 0 Å². The first-order valence-corrected chi connectivity index (χ1v) is 10.5. The van der Waals surface area contributed by atoms with Crippen molar-refractivity contribution in [3.8, 4) is 0 Å². The van der Waals surface area contributed by atoms with Crippen molar-refractivity contribution in [2.75, 3.05) is 13.2 Å². The van der Waals surface area contributed by atoms with Crippen LogP contribution in [0, 0.1) is 11.8 Å². The van der Waals surface area contributed by atoms with Gasteiger partial charge in [-0.1, -0.05) is 38.5 Å². The van der Waals surface area contributed by atoms with Gasteiger partial charge >= 0.3 is 0 Å². The molecule has 2 aliphatic carbocycles. The summed E-state index contributed by atoms with van der Waals surface area (Å²) in [6.07, 6.45) is 18.1. The molecule has 2 aliphatic heterocycles. The van der Waals surface area contributed by atoms with Crippen LogP contribution in [0.5, 0.6) is 0 Å². The van der Waals surface area contributed by atoms with E-state index in [1.54, 1.807) is 0 Å². The molecule has 140 valence electrons. The Balaban J connectivity index is 0.00000169. The Morgan fingerprint density at radius 3 is 1.83 bits per heavy atom. The predicted octanol–water partition coefficient (Wildman–Crippen LogP) is 0.379. The van der Waals surface area contributed by atoms with Gasteiger partial charge in [-0.05, 0) is 38.5 Å². The van der Waals surface area contributed by atoms with E-state index in [0.29, 0.717) is 24.0 Å². The van der Waals surface area contributed by atoms with E-state index in [-0.39, 0.29) is 18.2 Å². The van der Waals surface area contributed by atoms with Crippen LogP contribution in [-0.2, 0) is 9.47 Å². The van der Waals surface area contributed by atoms with Crippen molar-refractivity contribution in [2.45, 2.75) is 101 Å². The maximum atomic E-state index is 6.91. The summed E-state index contributed by atoms with van der Waals surface area (Å²) >= 11 is 0. The summed E-state index contributed by atoms with van der Waals surface area (Å²) in [6.45, 7) is 2.14. The van der Waals surface area contributed by atoms with Gasteiger partial charge in [0.05, 0.1) is 13.2 Å². The standard InChI is InChI=1S/C20H35NO2.ClH/c1-3-9-16(10-4-1)20(17-11-5-2-6-12-17)22-15-19(23-20)18-13-7-8-14-21-18;/h16-19,21H,1-15H2;1H. The quantitative estimate of drug-likeness (QED) is 0.792. The second-order valence-corrected chi connectivity index (χ2v) is 8.54. The van der Waals surface area contributed by atoms with Crippen molar-refractivity contribution >= 4 is 0 Å². The van der Waals surface area contributed by atoms with Gasteiger partial charge < -0.3 is 27.2 Å². The average molecular weight is 358 g/mol. The van der Waals surface area contributed by atoms with Crippen molar-refractivity contribution < 1.29 is 27.2 Å². The highest BCUT2D eigenvalue weighted by Crippen LogP contribution is 2.49. The predicted molar refractivity (Wildman–Crippen MR) is 91.1 cm³/mol. The summed E-state index contributed by atoms with van der Waals surface area (Å²) < 4.78 is 13.6. The third-order valence-corrected chi connectivity index (χ3v) is 7.10. The Hall–Kier alpha value is 0.170. The molecule has 0 spiro atoms. The molecule has 0 bridgehead atoms. The lowest BCUT2D eigenvalue weighted by Gasteiger charge is -2.45. The lowest BCUT2D eigenvalue weighted by Crippen LogP contribution is -3.00. The van der Waals surface area contributed by atoms with Crippen LogP contribution in [0.4, 0.5) is 0 Å². The number of quaternary nitrogens is 1. The molecular formula is C20H36ClNO2. The average Bonchev–Trinajstić information content (AvgIpc) is 3.11. The zero-order valence-electron chi connectivity index (χ0n) is 15.2. The van der Waals surface area contributed by atoms with E-state index in [9.17, 15) is 0 Å². The molecule has 4 rings (SSSR count). The lowest BCUT2D eigenvalue weighted by atomic mass is 9.72. The molecule has 2 saturated heterocycles. The Morgan fingerprint density at radius 1 is 0.708 bits per heavy atom. The highest BCUT2D eigenvalue weighted by molar-refractivity contribution is 4.95. The third-order valence-electron chi connectivity index (χ3n) is 7.10. The van der Waals surface area contributed by atoms with Crippen molar-refractivity contribution in [2.24, 2.45) is 11.8 Å². The van der Waals surface area contributed by atoms with Gasteiger partial charge in [-0.2, -0.15) is 0 Å². The summed E-state index contributed by atoms with van der Waals surface area (Å²) in [5.74, 6) is 1.11. The molecule has 3 nitrogen and oxygen atoms in total. The number of nitrogens with two attached hydrogens (primary N) is 1. The zero-order valence-corrected chi connectivity index (χ0v) is 15.9. The molecule has 2 saturated carbocycles. The van der Waals surface area contributed by atoms with E-state index >= 15 is 0 Å². The fourth-order valence-corrected chi connectivity index (χ4v) is 5.81. The van der Waals surface area contributed by atoms with Gasteiger partial charge in [0.2, 0.25) is 0 Å². The van der Waals surface area contributed by atoms with Gasteiger partial charge in [0.1, 0.15) is 12.1 Å². The van der Waals surface area contributed by atoms with Gasteiger partial charge in [-0.15, -0.1) is 0 Å². The number of hydrogen-bond donors (Lipinski definition) is 1.